The van der Waals surface area contributed by atoms with E-state index in [1.54, 1.807) is 23.7 Å². The first-order valence-corrected chi connectivity index (χ1v) is 5.44. The van der Waals surface area contributed by atoms with Gasteiger partial charge in [-0.3, -0.25) is 14.7 Å². The molecule has 0 unspecified atom stereocenters. The van der Waals surface area contributed by atoms with Crippen molar-refractivity contribution >= 4 is 22.8 Å². The van der Waals surface area contributed by atoms with Gasteiger partial charge in [0.2, 0.25) is 5.91 Å². The lowest BCUT2D eigenvalue weighted by Crippen LogP contribution is -2.29. The summed E-state index contributed by atoms with van der Waals surface area (Å²) in [5, 5.41) is 0.858. The summed E-state index contributed by atoms with van der Waals surface area (Å²) < 4.78 is 0. The van der Waals surface area contributed by atoms with E-state index in [1.807, 2.05) is 6.92 Å². The zero-order valence-corrected chi connectivity index (χ0v) is 9.44. The fourth-order valence-corrected chi connectivity index (χ4v) is 2.23. The number of rotatable bonds is 1. The van der Waals surface area contributed by atoms with Crippen LogP contribution >= 0.6 is 11.8 Å². The number of hydrogen-bond acceptors (Lipinski definition) is 3. The molecule has 3 nitrogen and oxygen atoms in total. The monoisotopic (exact) mass is 200 g/mol. The maximum absolute atomic E-state index is 11.3. The Morgan fingerprint density at radius 3 is 2.69 bits per heavy atom. The van der Waals surface area contributed by atoms with Crippen molar-refractivity contribution in [1.82, 2.24) is 4.90 Å². The van der Waals surface area contributed by atoms with Crippen molar-refractivity contribution in [3.05, 3.63) is 0 Å². The second-order valence-corrected chi connectivity index (χ2v) is 4.74. The molecule has 0 N–H and O–H groups in total. The van der Waals surface area contributed by atoms with E-state index in [0.29, 0.717) is 6.42 Å². The van der Waals surface area contributed by atoms with Gasteiger partial charge < -0.3 is 0 Å². The molecule has 0 atom stereocenters. The number of aliphatic imine (C=N–C) groups is 1. The number of hydrogen-bond donors (Lipinski definition) is 0. The molecule has 1 rings (SSSR count). The third kappa shape index (κ3) is 2.46. The zero-order chi connectivity index (χ0) is 10.1. The molecule has 0 radical (unpaired) electrons. The van der Waals surface area contributed by atoms with Gasteiger partial charge in [0, 0.05) is 19.2 Å². The van der Waals surface area contributed by atoms with Gasteiger partial charge in [-0.2, -0.15) is 0 Å². The van der Waals surface area contributed by atoms with Crippen LogP contribution in [0.15, 0.2) is 4.99 Å². The van der Waals surface area contributed by atoms with Crippen molar-refractivity contribution in [1.29, 1.82) is 0 Å². The van der Waals surface area contributed by atoms with Crippen LogP contribution in [0.5, 0.6) is 0 Å². The van der Waals surface area contributed by atoms with E-state index in [4.69, 9.17) is 0 Å². The number of nitrogens with zero attached hydrogens (tertiary/aromatic N) is 2. The van der Waals surface area contributed by atoms with Gasteiger partial charge in [-0.1, -0.05) is 18.7 Å². The lowest BCUT2D eigenvalue weighted by molar-refractivity contribution is -0.125. The molecule has 1 amide bonds. The van der Waals surface area contributed by atoms with Crippen LogP contribution in [0.2, 0.25) is 0 Å². The first-order valence-electron chi connectivity index (χ1n) is 4.45. The van der Waals surface area contributed by atoms with Crippen molar-refractivity contribution in [2.45, 2.75) is 32.7 Å². The van der Waals surface area contributed by atoms with E-state index >= 15 is 0 Å². The molecule has 0 aliphatic carbocycles. The minimum absolute atomic E-state index is 0.0116. The number of carbonyl (C=O) groups excluding carboxylic acids is 1. The molecule has 0 aromatic heterocycles. The van der Waals surface area contributed by atoms with Crippen LogP contribution < -0.4 is 0 Å². The van der Waals surface area contributed by atoms with E-state index in [0.717, 1.165) is 10.9 Å². The minimum atomic E-state index is -0.0116. The Hall–Kier alpha value is -0.510. The molecule has 0 saturated heterocycles. The molecule has 1 heterocycles. The number of amides is 1. The van der Waals surface area contributed by atoms with Crippen LogP contribution in [0.4, 0.5) is 0 Å². The summed E-state index contributed by atoms with van der Waals surface area (Å²) in [6.07, 6.45) is 0.538. The van der Waals surface area contributed by atoms with Gasteiger partial charge in [-0.25, -0.2) is 0 Å². The maximum atomic E-state index is 11.3. The van der Waals surface area contributed by atoms with E-state index in [1.165, 1.54) is 0 Å². The van der Waals surface area contributed by atoms with E-state index in [9.17, 15) is 4.79 Å². The third-order valence-electron chi connectivity index (χ3n) is 1.92. The summed E-state index contributed by atoms with van der Waals surface area (Å²) in [5.41, 5.74) is -0.0116. The second-order valence-electron chi connectivity index (χ2n) is 3.80. The number of amidine groups is 1. The molecule has 74 valence electrons. The highest BCUT2D eigenvalue weighted by molar-refractivity contribution is 8.14. The summed E-state index contributed by atoms with van der Waals surface area (Å²) in [4.78, 5) is 17.5. The highest BCUT2D eigenvalue weighted by Gasteiger charge is 2.28. The molecule has 0 saturated carbocycles. The molecular formula is C9H16N2OS. The average molecular weight is 200 g/mol. The topological polar surface area (TPSA) is 32.7 Å². The lowest BCUT2D eigenvalue weighted by Gasteiger charge is -2.15. The highest BCUT2D eigenvalue weighted by atomic mass is 32.2. The van der Waals surface area contributed by atoms with Gasteiger partial charge in [0.15, 0.2) is 5.17 Å². The van der Waals surface area contributed by atoms with Gasteiger partial charge in [0.25, 0.3) is 0 Å². The molecule has 0 spiro atoms. The largest absolute Gasteiger partial charge is 0.295 e. The normalized spacial score (nSPS) is 19.8. The molecule has 1 aliphatic rings. The molecule has 1 aliphatic heterocycles. The van der Waals surface area contributed by atoms with Crippen LogP contribution in [0, 0.1) is 0 Å². The average Bonchev–Trinajstić information content (AvgIpc) is 2.43. The Labute approximate surface area is 83.6 Å². The predicted octanol–water partition coefficient (Wildman–Crippen LogP) is 1.74. The highest BCUT2D eigenvalue weighted by Crippen LogP contribution is 2.28. The summed E-state index contributed by atoms with van der Waals surface area (Å²) in [6, 6.07) is 0. The summed E-state index contributed by atoms with van der Waals surface area (Å²) in [7, 11) is 1.79. The van der Waals surface area contributed by atoms with Gasteiger partial charge in [0.05, 0.1) is 5.54 Å². The van der Waals surface area contributed by atoms with Crippen molar-refractivity contribution in [2.75, 3.05) is 12.8 Å². The van der Waals surface area contributed by atoms with Crippen LogP contribution in [0.25, 0.3) is 0 Å². The summed E-state index contributed by atoms with van der Waals surface area (Å²) >= 11 is 1.66. The molecule has 0 bridgehead atoms. The number of carbonyl (C=O) groups is 1. The van der Waals surface area contributed by atoms with Crippen molar-refractivity contribution in [3.63, 3.8) is 0 Å². The van der Waals surface area contributed by atoms with Crippen LogP contribution in [-0.2, 0) is 4.79 Å². The van der Waals surface area contributed by atoms with Gasteiger partial charge >= 0.3 is 0 Å². The van der Waals surface area contributed by atoms with Gasteiger partial charge in [-0.15, -0.1) is 0 Å². The van der Waals surface area contributed by atoms with Crippen molar-refractivity contribution < 1.29 is 4.79 Å². The van der Waals surface area contributed by atoms with Crippen LogP contribution in [0.1, 0.15) is 27.2 Å². The third-order valence-corrected chi connectivity index (χ3v) is 3.39. The fourth-order valence-electron chi connectivity index (χ4n) is 1.08. The number of thioether (sulfide) groups is 1. The summed E-state index contributed by atoms with van der Waals surface area (Å²) in [5.74, 6) is 1.09. The SMILES string of the molecule is CCC(=O)N(C)C1=NC(C)(C)CS1. The van der Waals surface area contributed by atoms with Gasteiger partial charge in [-0.05, 0) is 13.8 Å². The molecular weight excluding hydrogens is 184 g/mol. The quantitative estimate of drug-likeness (QED) is 0.646. The zero-order valence-electron chi connectivity index (χ0n) is 8.63. The molecule has 4 heteroatoms. The van der Waals surface area contributed by atoms with E-state index < -0.39 is 0 Å². The first-order chi connectivity index (χ1) is 5.96. The Morgan fingerprint density at radius 2 is 2.31 bits per heavy atom. The summed E-state index contributed by atoms with van der Waals surface area (Å²) in [6.45, 7) is 6.03. The Morgan fingerprint density at radius 1 is 1.69 bits per heavy atom. The molecule has 0 aromatic carbocycles. The lowest BCUT2D eigenvalue weighted by atomic mass is 10.1. The predicted molar refractivity (Wildman–Crippen MR) is 57.0 cm³/mol. The molecule has 0 fully saturated rings. The smallest absolute Gasteiger partial charge is 0.227 e. The maximum Gasteiger partial charge on any atom is 0.227 e. The molecule has 0 aromatic rings. The standard InChI is InChI=1S/C9H16N2OS/c1-5-7(12)11(4)8-10-9(2,3)6-13-8/h5-6H2,1-4H3. The van der Waals surface area contributed by atoms with Crippen LogP contribution in [0.3, 0.4) is 0 Å². The Balaban J connectivity index is 2.69. The molecule has 13 heavy (non-hydrogen) atoms. The van der Waals surface area contributed by atoms with Crippen molar-refractivity contribution in [3.8, 4) is 0 Å². The Bertz CT molecular complexity index is 248. The second kappa shape index (κ2) is 3.70. The van der Waals surface area contributed by atoms with E-state index in [2.05, 4.69) is 18.8 Å². The minimum Gasteiger partial charge on any atom is -0.295 e. The van der Waals surface area contributed by atoms with Crippen molar-refractivity contribution in [2.24, 2.45) is 4.99 Å². The van der Waals surface area contributed by atoms with Crippen LogP contribution in [-0.4, -0.2) is 34.3 Å². The fraction of sp³-hybridized carbons (Fsp3) is 0.778. The Kier molecular flexibility index (Phi) is 3.01. The van der Waals surface area contributed by atoms with E-state index in [-0.39, 0.29) is 11.4 Å². The first kappa shape index (κ1) is 10.6. The van der Waals surface area contributed by atoms with Gasteiger partial charge in [0.1, 0.15) is 0 Å².